The van der Waals surface area contributed by atoms with Crippen molar-refractivity contribution in [2.24, 2.45) is 5.73 Å². The van der Waals surface area contributed by atoms with Crippen LogP contribution in [0, 0.1) is 0 Å². The van der Waals surface area contributed by atoms with Gasteiger partial charge in [-0.05, 0) is 50.1 Å². The fraction of sp³-hybridized carbons (Fsp3) is 0.538. The molecule has 0 aromatic heterocycles. The van der Waals surface area contributed by atoms with E-state index in [9.17, 15) is 0 Å². The van der Waals surface area contributed by atoms with Crippen LogP contribution in [0.15, 0.2) is 18.2 Å². The first-order chi connectivity index (χ1) is 7.76. The Bertz CT molecular complexity index is 365. The number of hydrogen-bond acceptors (Lipinski definition) is 2. The minimum Gasteiger partial charge on any atom is -0.371 e. The van der Waals surface area contributed by atoms with E-state index in [1.165, 1.54) is 17.7 Å². The Morgan fingerprint density at radius 3 is 3.00 bits per heavy atom. The van der Waals surface area contributed by atoms with Gasteiger partial charge in [0.05, 0.1) is 0 Å². The highest BCUT2D eigenvalue weighted by atomic mass is 35.5. The van der Waals surface area contributed by atoms with Gasteiger partial charge in [-0.3, -0.25) is 0 Å². The van der Waals surface area contributed by atoms with Crippen LogP contribution < -0.4 is 10.6 Å². The minimum absolute atomic E-state index is 0.609. The maximum absolute atomic E-state index is 6.07. The van der Waals surface area contributed by atoms with Gasteiger partial charge >= 0.3 is 0 Å². The van der Waals surface area contributed by atoms with Gasteiger partial charge in [-0.1, -0.05) is 11.6 Å². The summed E-state index contributed by atoms with van der Waals surface area (Å²) >= 11 is 6.07. The lowest BCUT2D eigenvalue weighted by molar-refractivity contribution is 0.613. The number of fused-ring (bicyclic) bond motifs is 1. The van der Waals surface area contributed by atoms with E-state index in [1.807, 2.05) is 6.07 Å². The van der Waals surface area contributed by atoms with Gasteiger partial charge in [-0.2, -0.15) is 0 Å². The standard InChI is InChI=1S/C13H19ClN2/c1-2-16-9-10(4-3-7-15)12-8-11(14)5-6-13(12)16/h5-6,8,10H,2-4,7,9,15H2,1H3. The van der Waals surface area contributed by atoms with Gasteiger partial charge in [0.25, 0.3) is 0 Å². The summed E-state index contributed by atoms with van der Waals surface area (Å²) in [6.07, 6.45) is 2.26. The predicted molar refractivity (Wildman–Crippen MR) is 70.4 cm³/mol. The van der Waals surface area contributed by atoms with Crippen molar-refractivity contribution in [1.29, 1.82) is 0 Å². The monoisotopic (exact) mass is 238 g/mol. The molecule has 88 valence electrons. The van der Waals surface area contributed by atoms with Gasteiger partial charge < -0.3 is 10.6 Å². The lowest BCUT2D eigenvalue weighted by Crippen LogP contribution is -2.21. The molecule has 0 aliphatic carbocycles. The SMILES string of the molecule is CCN1CC(CCCN)c2cc(Cl)ccc21. The molecular weight excluding hydrogens is 220 g/mol. The third-order valence-corrected chi connectivity index (χ3v) is 3.58. The maximum Gasteiger partial charge on any atom is 0.0410 e. The molecule has 0 saturated carbocycles. The highest BCUT2D eigenvalue weighted by molar-refractivity contribution is 6.30. The van der Waals surface area contributed by atoms with Gasteiger partial charge in [-0.15, -0.1) is 0 Å². The molecule has 1 aliphatic rings. The molecule has 3 heteroatoms. The summed E-state index contributed by atoms with van der Waals surface area (Å²) in [6.45, 7) is 5.15. The van der Waals surface area contributed by atoms with Crippen LogP contribution in [-0.2, 0) is 0 Å². The zero-order valence-electron chi connectivity index (χ0n) is 9.75. The Labute approximate surface area is 102 Å². The highest BCUT2D eigenvalue weighted by Gasteiger charge is 2.27. The summed E-state index contributed by atoms with van der Waals surface area (Å²) < 4.78 is 0. The number of halogens is 1. The van der Waals surface area contributed by atoms with Crippen LogP contribution in [0.25, 0.3) is 0 Å². The summed E-state index contributed by atoms with van der Waals surface area (Å²) in [5.74, 6) is 0.609. The summed E-state index contributed by atoms with van der Waals surface area (Å²) in [7, 11) is 0. The van der Waals surface area contributed by atoms with Crippen molar-refractivity contribution in [2.75, 3.05) is 24.5 Å². The quantitative estimate of drug-likeness (QED) is 0.874. The van der Waals surface area contributed by atoms with Crippen molar-refractivity contribution >= 4 is 17.3 Å². The van der Waals surface area contributed by atoms with Gasteiger partial charge in [-0.25, -0.2) is 0 Å². The Morgan fingerprint density at radius 1 is 1.50 bits per heavy atom. The molecule has 1 unspecified atom stereocenters. The molecule has 0 saturated heterocycles. The average molecular weight is 239 g/mol. The summed E-state index contributed by atoms with van der Waals surface area (Å²) in [6, 6.07) is 6.24. The van der Waals surface area contributed by atoms with Crippen molar-refractivity contribution in [3.63, 3.8) is 0 Å². The molecule has 1 aromatic rings. The van der Waals surface area contributed by atoms with Crippen LogP contribution in [0.1, 0.15) is 31.2 Å². The zero-order valence-corrected chi connectivity index (χ0v) is 10.5. The molecule has 0 bridgehead atoms. The van der Waals surface area contributed by atoms with Crippen LogP contribution in [0.2, 0.25) is 5.02 Å². The number of benzene rings is 1. The average Bonchev–Trinajstić information content (AvgIpc) is 2.64. The lowest BCUT2D eigenvalue weighted by atomic mass is 9.96. The van der Waals surface area contributed by atoms with E-state index in [-0.39, 0.29) is 0 Å². The maximum atomic E-state index is 6.07. The van der Waals surface area contributed by atoms with Crippen LogP contribution >= 0.6 is 11.6 Å². The van der Waals surface area contributed by atoms with E-state index in [1.54, 1.807) is 0 Å². The Kier molecular flexibility index (Phi) is 3.72. The predicted octanol–water partition coefficient (Wildman–Crippen LogP) is 3.00. The van der Waals surface area contributed by atoms with Gasteiger partial charge in [0.1, 0.15) is 0 Å². The van der Waals surface area contributed by atoms with Gasteiger partial charge in [0, 0.05) is 29.7 Å². The molecule has 16 heavy (non-hydrogen) atoms. The van der Waals surface area contributed by atoms with Gasteiger partial charge in [0.2, 0.25) is 0 Å². The smallest absolute Gasteiger partial charge is 0.0410 e. The largest absolute Gasteiger partial charge is 0.371 e. The number of hydrogen-bond donors (Lipinski definition) is 1. The Morgan fingerprint density at radius 2 is 2.31 bits per heavy atom. The first-order valence-electron chi connectivity index (χ1n) is 6.00. The first-order valence-corrected chi connectivity index (χ1v) is 6.38. The zero-order chi connectivity index (χ0) is 11.5. The van der Waals surface area contributed by atoms with Crippen molar-refractivity contribution in [2.45, 2.75) is 25.7 Å². The molecule has 1 atom stereocenters. The number of nitrogens with zero attached hydrogens (tertiary/aromatic N) is 1. The van der Waals surface area contributed by atoms with Crippen molar-refractivity contribution in [1.82, 2.24) is 0 Å². The second-order valence-corrected chi connectivity index (χ2v) is 4.81. The number of nitrogens with two attached hydrogens (primary N) is 1. The van der Waals surface area contributed by atoms with Crippen molar-refractivity contribution in [3.8, 4) is 0 Å². The van der Waals surface area contributed by atoms with E-state index in [0.29, 0.717) is 5.92 Å². The lowest BCUT2D eigenvalue weighted by Gasteiger charge is -2.17. The molecule has 0 radical (unpaired) electrons. The molecule has 0 fully saturated rings. The summed E-state index contributed by atoms with van der Waals surface area (Å²) in [4.78, 5) is 2.42. The molecular formula is C13H19ClN2. The number of likely N-dealkylation sites (N-methyl/N-ethyl adjacent to an activating group) is 1. The molecule has 2 nitrogen and oxygen atoms in total. The second kappa shape index (κ2) is 5.07. The molecule has 1 heterocycles. The van der Waals surface area contributed by atoms with E-state index < -0.39 is 0 Å². The number of rotatable bonds is 4. The third kappa shape index (κ3) is 2.18. The van der Waals surface area contributed by atoms with Crippen LogP contribution in [-0.4, -0.2) is 19.6 Å². The molecule has 0 amide bonds. The highest BCUT2D eigenvalue weighted by Crippen LogP contribution is 2.39. The minimum atomic E-state index is 0.609. The molecule has 2 N–H and O–H groups in total. The fourth-order valence-corrected chi connectivity index (χ4v) is 2.69. The third-order valence-electron chi connectivity index (χ3n) is 3.35. The molecule has 2 rings (SSSR count). The van der Waals surface area contributed by atoms with E-state index >= 15 is 0 Å². The van der Waals surface area contributed by atoms with Gasteiger partial charge in [0.15, 0.2) is 0 Å². The van der Waals surface area contributed by atoms with E-state index in [4.69, 9.17) is 17.3 Å². The molecule has 1 aromatic carbocycles. The summed E-state index contributed by atoms with van der Waals surface area (Å²) in [5.41, 5.74) is 8.34. The Balaban J connectivity index is 2.24. The van der Waals surface area contributed by atoms with Crippen molar-refractivity contribution < 1.29 is 0 Å². The topological polar surface area (TPSA) is 29.3 Å². The fourth-order valence-electron chi connectivity index (χ4n) is 2.51. The first kappa shape index (κ1) is 11.7. The van der Waals surface area contributed by atoms with Crippen molar-refractivity contribution in [3.05, 3.63) is 28.8 Å². The van der Waals surface area contributed by atoms with E-state index in [2.05, 4.69) is 24.0 Å². The number of anilines is 1. The second-order valence-electron chi connectivity index (χ2n) is 4.37. The molecule has 1 aliphatic heterocycles. The normalized spacial score (nSPS) is 18.9. The van der Waals surface area contributed by atoms with Crippen LogP contribution in [0.4, 0.5) is 5.69 Å². The van der Waals surface area contributed by atoms with E-state index in [0.717, 1.165) is 31.1 Å². The summed E-state index contributed by atoms with van der Waals surface area (Å²) in [5, 5.41) is 0.842. The van der Waals surface area contributed by atoms with Crippen LogP contribution in [0.5, 0.6) is 0 Å². The Hall–Kier alpha value is -0.730. The van der Waals surface area contributed by atoms with Crippen LogP contribution in [0.3, 0.4) is 0 Å². The molecule has 0 spiro atoms.